The Morgan fingerprint density at radius 3 is 2.57 bits per heavy atom. The van der Waals surface area contributed by atoms with Crippen LogP contribution in [0.25, 0.3) is 0 Å². The van der Waals surface area contributed by atoms with Crippen molar-refractivity contribution in [3.8, 4) is 11.8 Å². The highest BCUT2D eigenvalue weighted by Crippen LogP contribution is 2.40. The highest BCUT2D eigenvalue weighted by Gasteiger charge is 2.41. The van der Waals surface area contributed by atoms with E-state index in [2.05, 4.69) is 33.8 Å². The zero-order valence-corrected chi connectivity index (χ0v) is 17.0. The SMILES string of the molecule is OCC#Cc1ccc(CN2CC[C@]3(CCCN(Cc4ccc(F)cc4)C3)C2)s1. The first-order valence-electron chi connectivity index (χ1n) is 10.0. The van der Waals surface area contributed by atoms with Crippen LogP contribution in [0.4, 0.5) is 4.39 Å². The second kappa shape index (κ2) is 8.75. The van der Waals surface area contributed by atoms with Gasteiger partial charge in [-0.3, -0.25) is 9.80 Å². The molecule has 148 valence electrons. The van der Waals surface area contributed by atoms with Gasteiger partial charge in [0.1, 0.15) is 12.4 Å². The molecule has 0 unspecified atom stereocenters. The second-order valence-corrected chi connectivity index (χ2v) is 9.30. The molecule has 0 radical (unpaired) electrons. The molecular weight excluding hydrogens is 371 g/mol. The Morgan fingerprint density at radius 1 is 1.00 bits per heavy atom. The molecule has 2 aliphatic rings. The lowest BCUT2D eigenvalue weighted by Crippen LogP contribution is -2.44. The summed E-state index contributed by atoms with van der Waals surface area (Å²) in [6.45, 7) is 6.40. The van der Waals surface area contributed by atoms with Crippen LogP contribution in [0.5, 0.6) is 0 Å². The van der Waals surface area contributed by atoms with Crippen molar-refractivity contribution in [1.82, 2.24) is 9.80 Å². The van der Waals surface area contributed by atoms with Gasteiger partial charge < -0.3 is 5.11 Å². The number of benzene rings is 1. The Labute approximate surface area is 170 Å². The van der Waals surface area contributed by atoms with Crippen molar-refractivity contribution in [1.29, 1.82) is 0 Å². The first kappa shape index (κ1) is 19.6. The predicted octanol–water partition coefficient (Wildman–Crippen LogP) is 3.72. The van der Waals surface area contributed by atoms with Crippen LogP contribution in [0.2, 0.25) is 0 Å². The molecule has 4 rings (SSSR count). The Morgan fingerprint density at radius 2 is 1.79 bits per heavy atom. The summed E-state index contributed by atoms with van der Waals surface area (Å²) in [5.74, 6) is 5.56. The number of nitrogens with zero attached hydrogens (tertiary/aromatic N) is 2. The van der Waals surface area contributed by atoms with Gasteiger partial charge in [-0.15, -0.1) is 11.3 Å². The lowest BCUT2D eigenvalue weighted by Gasteiger charge is -2.40. The van der Waals surface area contributed by atoms with E-state index in [9.17, 15) is 4.39 Å². The molecule has 0 saturated carbocycles. The van der Waals surface area contributed by atoms with Gasteiger partial charge in [0.15, 0.2) is 0 Å². The summed E-state index contributed by atoms with van der Waals surface area (Å²) in [5.41, 5.74) is 1.60. The van der Waals surface area contributed by atoms with Gasteiger partial charge in [-0.05, 0) is 67.6 Å². The average molecular weight is 399 g/mol. The molecule has 2 aliphatic heterocycles. The molecule has 28 heavy (non-hydrogen) atoms. The van der Waals surface area contributed by atoms with Gasteiger partial charge in [-0.2, -0.15) is 0 Å². The van der Waals surface area contributed by atoms with E-state index in [4.69, 9.17) is 5.11 Å². The average Bonchev–Trinajstić information content (AvgIpc) is 3.29. The molecule has 0 aliphatic carbocycles. The summed E-state index contributed by atoms with van der Waals surface area (Å²) >= 11 is 1.73. The first-order valence-corrected chi connectivity index (χ1v) is 10.8. The van der Waals surface area contributed by atoms with Crippen LogP contribution >= 0.6 is 11.3 Å². The number of piperidine rings is 1. The first-order chi connectivity index (χ1) is 13.6. The number of likely N-dealkylation sites (tertiary alicyclic amines) is 2. The molecule has 2 saturated heterocycles. The number of rotatable bonds is 4. The molecule has 0 bridgehead atoms. The van der Waals surface area contributed by atoms with Crippen LogP contribution in [0.1, 0.15) is 34.6 Å². The molecule has 1 aromatic heterocycles. The van der Waals surface area contributed by atoms with Crippen LogP contribution < -0.4 is 0 Å². The van der Waals surface area contributed by atoms with Gasteiger partial charge >= 0.3 is 0 Å². The third kappa shape index (κ3) is 4.82. The molecule has 2 aromatic rings. The highest BCUT2D eigenvalue weighted by molar-refractivity contribution is 7.12. The van der Waals surface area contributed by atoms with E-state index >= 15 is 0 Å². The minimum Gasteiger partial charge on any atom is -0.384 e. The number of halogens is 1. The molecule has 1 aromatic carbocycles. The van der Waals surface area contributed by atoms with Crippen LogP contribution in [0, 0.1) is 23.1 Å². The predicted molar refractivity (Wildman–Crippen MR) is 112 cm³/mol. The summed E-state index contributed by atoms with van der Waals surface area (Å²) in [5, 5.41) is 8.83. The molecule has 0 amide bonds. The van der Waals surface area contributed by atoms with E-state index < -0.39 is 0 Å². The van der Waals surface area contributed by atoms with Gasteiger partial charge in [0.2, 0.25) is 0 Å². The van der Waals surface area contributed by atoms with Gasteiger partial charge in [-0.25, -0.2) is 4.39 Å². The fourth-order valence-electron chi connectivity index (χ4n) is 4.67. The zero-order chi connectivity index (χ0) is 19.4. The van der Waals surface area contributed by atoms with Crippen LogP contribution in [-0.2, 0) is 13.1 Å². The third-order valence-corrected chi connectivity index (χ3v) is 6.89. The normalized spacial score (nSPS) is 23.1. The fourth-order valence-corrected chi connectivity index (χ4v) is 5.59. The maximum atomic E-state index is 13.2. The molecule has 1 N–H and O–H groups in total. The number of hydrogen-bond acceptors (Lipinski definition) is 4. The highest BCUT2D eigenvalue weighted by atomic mass is 32.1. The van der Waals surface area contributed by atoms with E-state index in [1.54, 1.807) is 23.5 Å². The van der Waals surface area contributed by atoms with Gasteiger partial charge in [-0.1, -0.05) is 24.0 Å². The lowest BCUT2D eigenvalue weighted by atomic mass is 9.79. The van der Waals surface area contributed by atoms with Gasteiger partial charge in [0, 0.05) is 31.1 Å². The van der Waals surface area contributed by atoms with Crippen LogP contribution in [0.15, 0.2) is 36.4 Å². The largest absolute Gasteiger partial charge is 0.384 e. The number of hydrogen-bond donors (Lipinski definition) is 1. The number of thiophene rings is 1. The van der Waals surface area contributed by atoms with Crippen molar-refractivity contribution in [2.24, 2.45) is 5.41 Å². The summed E-state index contributed by atoms with van der Waals surface area (Å²) in [4.78, 5) is 7.50. The van der Waals surface area contributed by atoms with Crippen molar-refractivity contribution < 1.29 is 9.50 Å². The van der Waals surface area contributed by atoms with Gasteiger partial charge in [0.05, 0.1) is 4.88 Å². The summed E-state index contributed by atoms with van der Waals surface area (Å²) < 4.78 is 13.2. The minimum absolute atomic E-state index is 0.0870. The maximum Gasteiger partial charge on any atom is 0.123 e. The Kier molecular flexibility index (Phi) is 6.13. The van der Waals surface area contributed by atoms with Crippen molar-refractivity contribution in [3.63, 3.8) is 0 Å². The van der Waals surface area contributed by atoms with Crippen molar-refractivity contribution in [2.45, 2.75) is 32.4 Å². The quantitative estimate of drug-likeness (QED) is 0.796. The van der Waals surface area contributed by atoms with E-state index in [0.29, 0.717) is 5.41 Å². The van der Waals surface area contributed by atoms with E-state index in [-0.39, 0.29) is 12.4 Å². The summed E-state index contributed by atoms with van der Waals surface area (Å²) in [7, 11) is 0. The Hall–Kier alpha value is -1.71. The standard InChI is InChI=1S/C23H27FN2OS/c24-20-6-4-19(5-7-20)15-25-12-2-10-23(17-25)11-13-26(18-23)16-22-9-8-21(28-22)3-1-14-27/h4-9,27H,2,10-18H2/t23-/m0/s1. The van der Waals surface area contributed by atoms with E-state index in [1.807, 2.05) is 12.1 Å². The smallest absolute Gasteiger partial charge is 0.123 e. The van der Waals surface area contributed by atoms with Crippen LogP contribution in [-0.4, -0.2) is 47.7 Å². The van der Waals surface area contributed by atoms with E-state index in [1.165, 1.54) is 29.7 Å². The number of aliphatic hydroxyl groups excluding tert-OH is 1. The molecule has 1 spiro atoms. The Balaban J connectivity index is 1.34. The topological polar surface area (TPSA) is 26.7 Å². The third-order valence-electron chi connectivity index (χ3n) is 5.91. The number of aliphatic hydroxyl groups is 1. The molecular formula is C23H27FN2OS. The summed E-state index contributed by atoms with van der Waals surface area (Å²) in [6, 6.07) is 11.2. The molecule has 2 fully saturated rings. The molecule has 3 nitrogen and oxygen atoms in total. The fraction of sp³-hybridized carbons (Fsp3) is 0.478. The van der Waals surface area contributed by atoms with Gasteiger partial charge in [0.25, 0.3) is 0 Å². The maximum absolute atomic E-state index is 13.2. The minimum atomic E-state index is -0.163. The van der Waals surface area contributed by atoms with Crippen molar-refractivity contribution in [2.75, 3.05) is 32.8 Å². The zero-order valence-electron chi connectivity index (χ0n) is 16.2. The molecule has 1 atom stereocenters. The Bertz CT molecular complexity index is 853. The van der Waals surface area contributed by atoms with Crippen molar-refractivity contribution >= 4 is 11.3 Å². The molecule has 5 heteroatoms. The monoisotopic (exact) mass is 398 g/mol. The van der Waals surface area contributed by atoms with Crippen molar-refractivity contribution in [3.05, 3.63) is 57.5 Å². The lowest BCUT2D eigenvalue weighted by molar-refractivity contribution is 0.0867. The van der Waals surface area contributed by atoms with E-state index in [0.717, 1.165) is 44.1 Å². The summed E-state index contributed by atoms with van der Waals surface area (Å²) in [6.07, 6.45) is 3.81. The van der Waals surface area contributed by atoms with Crippen LogP contribution in [0.3, 0.4) is 0 Å². The molecule has 3 heterocycles. The second-order valence-electron chi connectivity index (χ2n) is 8.13.